The van der Waals surface area contributed by atoms with Crippen molar-refractivity contribution in [1.82, 2.24) is 9.97 Å². The van der Waals surface area contributed by atoms with Gasteiger partial charge in [0.15, 0.2) is 0 Å². The van der Waals surface area contributed by atoms with Gasteiger partial charge < -0.3 is 4.74 Å². The van der Waals surface area contributed by atoms with Crippen LogP contribution in [0.4, 0.5) is 0 Å². The zero-order valence-electron chi connectivity index (χ0n) is 11.7. The van der Waals surface area contributed by atoms with Crippen molar-refractivity contribution in [2.24, 2.45) is 0 Å². The predicted molar refractivity (Wildman–Crippen MR) is 89.6 cm³/mol. The van der Waals surface area contributed by atoms with E-state index < -0.39 is 0 Å². The first-order valence-corrected chi connectivity index (χ1v) is 7.82. The summed E-state index contributed by atoms with van der Waals surface area (Å²) in [7, 11) is 1.67. The van der Waals surface area contributed by atoms with Crippen molar-refractivity contribution < 1.29 is 4.74 Å². The van der Waals surface area contributed by atoms with Crippen molar-refractivity contribution in [2.45, 2.75) is 26.2 Å². The van der Waals surface area contributed by atoms with Crippen LogP contribution in [0, 0.1) is 3.57 Å². The minimum absolute atomic E-state index is 0.318. The highest BCUT2D eigenvalue weighted by atomic mass is 127. The summed E-state index contributed by atoms with van der Waals surface area (Å²) in [4.78, 5) is 9.02. The van der Waals surface area contributed by atoms with Crippen LogP contribution in [0.2, 0.25) is 5.15 Å². The van der Waals surface area contributed by atoms with Gasteiger partial charge in [-0.25, -0.2) is 9.97 Å². The topological polar surface area (TPSA) is 35.0 Å². The van der Waals surface area contributed by atoms with Crippen molar-refractivity contribution in [3.05, 3.63) is 50.1 Å². The van der Waals surface area contributed by atoms with Crippen LogP contribution in [0.15, 0.2) is 24.3 Å². The Morgan fingerprint density at radius 2 is 1.95 bits per heavy atom. The Bertz CT molecular complexity index is 617. The second kappa shape index (κ2) is 6.72. The van der Waals surface area contributed by atoms with E-state index in [2.05, 4.69) is 46.4 Å². The number of hydrogen-bond donors (Lipinski definition) is 0. The highest BCUT2D eigenvalue weighted by Gasteiger charge is 2.14. The van der Waals surface area contributed by atoms with Gasteiger partial charge in [0.05, 0.1) is 16.4 Å². The third-order valence-corrected chi connectivity index (χ3v) is 4.63. The van der Waals surface area contributed by atoms with Gasteiger partial charge >= 0.3 is 0 Å². The highest BCUT2D eigenvalue weighted by Crippen LogP contribution is 2.26. The largest absolute Gasteiger partial charge is 0.496 e. The monoisotopic (exact) mass is 402 g/mol. The van der Waals surface area contributed by atoms with E-state index in [-0.39, 0.29) is 0 Å². The average molecular weight is 403 g/mol. The first-order chi connectivity index (χ1) is 9.52. The zero-order chi connectivity index (χ0) is 14.7. The molecule has 106 valence electrons. The molecule has 0 atom stereocenters. The number of aromatic nitrogens is 2. The summed E-state index contributed by atoms with van der Waals surface area (Å²) in [6.07, 6.45) is 0.611. The molecule has 0 saturated heterocycles. The summed E-state index contributed by atoms with van der Waals surface area (Å²) in [5.41, 5.74) is 2.05. The number of methoxy groups -OCH3 is 1. The molecule has 3 nitrogen and oxygen atoms in total. The lowest BCUT2D eigenvalue weighted by Gasteiger charge is -2.12. The molecule has 0 saturated carbocycles. The molecule has 0 bridgehead atoms. The minimum atomic E-state index is 0.318. The molecule has 0 aliphatic heterocycles. The quantitative estimate of drug-likeness (QED) is 0.559. The molecule has 0 radical (unpaired) electrons. The second-order valence-electron chi connectivity index (χ2n) is 4.77. The van der Waals surface area contributed by atoms with E-state index >= 15 is 0 Å². The molecule has 0 unspecified atom stereocenters. The van der Waals surface area contributed by atoms with Crippen molar-refractivity contribution in [3.8, 4) is 5.75 Å². The SMILES string of the molecule is COc1ccccc1Cc1nc(Cl)c(I)c(C(C)C)n1. The third-order valence-electron chi connectivity index (χ3n) is 2.97. The summed E-state index contributed by atoms with van der Waals surface area (Å²) < 4.78 is 6.29. The van der Waals surface area contributed by atoms with Gasteiger partial charge in [0.2, 0.25) is 0 Å². The molecular weight excluding hydrogens is 387 g/mol. The molecule has 0 N–H and O–H groups in total. The van der Waals surface area contributed by atoms with Crippen LogP contribution in [0.5, 0.6) is 5.75 Å². The number of rotatable bonds is 4. The van der Waals surface area contributed by atoms with E-state index in [4.69, 9.17) is 16.3 Å². The van der Waals surface area contributed by atoms with Gasteiger partial charge in [0.1, 0.15) is 16.7 Å². The molecule has 2 aromatic rings. The molecule has 0 aliphatic carbocycles. The molecule has 1 aromatic heterocycles. The maximum absolute atomic E-state index is 6.21. The molecule has 20 heavy (non-hydrogen) atoms. The van der Waals surface area contributed by atoms with Crippen LogP contribution < -0.4 is 4.74 Å². The summed E-state index contributed by atoms with van der Waals surface area (Å²) in [5.74, 6) is 1.89. The van der Waals surface area contributed by atoms with Gasteiger partial charge in [-0.05, 0) is 34.6 Å². The Labute approximate surface area is 137 Å². The number of nitrogens with zero attached hydrogens (tertiary/aromatic N) is 2. The van der Waals surface area contributed by atoms with E-state index in [1.54, 1.807) is 7.11 Å². The van der Waals surface area contributed by atoms with Crippen LogP contribution >= 0.6 is 34.2 Å². The molecule has 0 aliphatic rings. The van der Waals surface area contributed by atoms with Crippen molar-refractivity contribution in [2.75, 3.05) is 7.11 Å². The smallest absolute Gasteiger partial charge is 0.146 e. The zero-order valence-corrected chi connectivity index (χ0v) is 14.6. The maximum Gasteiger partial charge on any atom is 0.146 e. The molecule has 0 amide bonds. The third kappa shape index (κ3) is 3.41. The summed E-state index contributed by atoms with van der Waals surface area (Å²) in [6, 6.07) is 7.88. The second-order valence-corrected chi connectivity index (χ2v) is 6.21. The Kier molecular flexibility index (Phi) is 5.21. The normalized spacial score (nSPS) is 10.9. The molecule has 0 fully saturated rings. The average Bonchev–Trinajstić information content (AvgIpc) is 2.43. The van der Waals surface area contributed by atoms with E-state index in [1.807, 2.05) is 24.3 Å². The van der Waals surface area contributed by atoms with Crippen LogP contribution in [0.3, 0.4) is 0 Å². The predicted octanol–water partition coefficient (Wildman–Crippen LogP) is 4.46. The number of para-hydroxylation sites is 1. The Hall–Kier alpha value is -0.880. The fourth-order valence-electron chi connectivity index (χ4n) is 1.96. The number of halogens is 2. The minimum Gasteiger partial charge on any atom is -0.496 e. The van der Waals surface area contributed by atoms with Gasteiger partial charge in [-0.3, -0.25) is 0 Å². The molecule has 1 aromatic carbocycles. The lowest BCUT2D eigenvalue weighted by atomic mass is 10.1. The van der Waals surface area contributed by atoms with Gasteiger partial charge in [-0.15, -0.1) is 0 Å². The lowest BCUT2D eigenvalue weighted by molar-refractivity contribution is 0.410. The standard InChI is InChI=1S/C15H16ClIN2O/c1-9(2)14-13(17)15(16)19-12(18-14)8-10-6-4-5-7-11(10)20-3/h4-7,9H,8H2,1-3H3. The van der Waals surface area contributed by atoms with Gasteiger partial charge in [0, 0.05) is 12.0 Å². The van der Waals surface area contributed by atoms with Crippen molar-refractivity contribution in [1.29, 1.82) is 0 Å². The molecule has 0 spiro atoms. The molecular formula is C15H16ClIN2O. The van der Waals surface area contributed by atoms with Crippen LogP contribution in [-0.4, -0.2) is 17.1 Å². The van der Waals surface area contributed by atoms with Crippen LogP contribution in [-0.2, 0) is 6.42 Å². The summed E-state index contributed by atoms with van der Waals surface area (Å²) in [6.45, 7) is 4.21. The van der Waals surface area contributed by atoms with Gasteiger partial charge in [0.25, 0.3) is 0 Å². The lowest BCUT2D eigenvalue weighted by Crippen LogP contribution is -2.06. The fourth-order valence-corrected chi connectivity index (χ4v) is 3.02. The summed E-state index contributed by atoms with van der Waals surface area (Å²) in [5, 5.41) is 0.522. The Morgan fingerprint density at radius 3 is 2.60 bits per heavy atom. The number of hydrogen-bond acceptors (Lipinski definition) is 3. The Morgan fingerprint density at radius 1 is 1.25 bits per heavy atom. The van der Waals surface area contributed by atoms with E-state index in [9.17, 15) is 0 Å². The van der Waals surface area contributed by atoms with Gasteiger partial charge in [-0.2, -0.15) is 0 Å². The van der Waals surface area contributed by atoms with E-state index in [0.29, 0.717) is 17.5 Å². The van der Waals surface area contributed by atoms with Crippen molar-refractivity contribution in [3.63, 3.8) is 0 Å². The maximum atomic E-state index is 6.21. The highest BCUT2D eigenvalue weighted by molar-refractivity contribution is 14.1. The number of ether oxygens (including phenoxy) is 1. The fraction of sp³-hybridized carbons (Fsp3) is 0.333. The van der Waals surface area contributed by atoms with Gasteiger partial charge in [-0.1, -0.05) is 43.6 Å². The molecule has 2 rings (SSSR count). The van der Waals surface area contributed by atoms with E-state index in [0.717, 1.165) is 26.4 Å². The molecule has 1 heterocycles. The first kappa shape index (κ1) is 15.5. The Balaban J connectivity index is 2.39. The van der Waals surface area contributed by atoms with Crippen LogP contribution in [0.1, 0.15) is 36.8 Å². The molecule has 5 heteroatoms. The van der Waals surface area contributed by atoms with E-state index in [1.165, 1.54) is 0 Å². The van der Waals surface area contributed by atoms with Crippen LogP contribution in [0.25, 0.3) is 0 Å². The number of benzene rings is 1. The first-order valence-electron chi connectivity index (χ1n) is 6.36. The summed E-state index contributed by atoms with van der Waals surface area (Å²) >= 11 is 8.41. The van der Waals surface area contributed by atoms with Crippen molar-refractivity contribution >= 4 is 34.2 Å².